The van der Waals surface area contributed by atoms with E-state index in [1.54, 1.807) is 32.4 Å². The highest BCUT2D eigenvalue weighted by Crippen LogP contribution is 2.38. The topological polar surface area (TPSA) is 73.9 Å². The van der Waals surface area contributed by atoms with E-state index >= 15 is 0 Å². The highest BCUT2D eigenvalue weighted by atomic mass is 32.1. The molecule has 3 rings (SSSR count). The van der Waals surface area contributed by atoms with Crippen molar-refractivity contribution < 1.29 is 23.8 Å². The third kappa shape index (κ3) is 4.24. The van der Waals surface area contributed by atoms with Gasteiger partial charge in [-0.3, -0.25) is 4.79 Å². The van der Waals surface area contributed by atoms with Crippen LogP contribution in [0.1, 0.15) is 46.1 Å². The highest BCUT2D eigenvalue weighted by molar-refractivity contribution is 7.17. The monoisotopic (exact) mass is 389 g/mol. The molecule has 1 N–H and O–H groups in total. The number of benzene rings is 1. The number of methoxy groups -OCH3 is 2. The van der Waals surface area contributed by atoms with Crippen molar-refractivity contribution in [3.8, 4) is 11.5 Å². The van der Waals surface area contributed by atoms with Gasteiger partial charge in [0, 0.05) is 17.4 Å². The molecule has 6 nitrogen and oxygen atoms in total. The van der Waals surface area contributed by atoms with Gasteiger partial charge in [-0.25, -0.2) is 4.79 Å². The number of rotatable bonds is 6. The maximum atomic E-state index is 12.9. The second-order valence-corrected chi connectivity index (χ2v) is 7.46. The Balaban J connectivity index is 1.84. The summed E-state index contributed by atoms with van der Waals surface area (Å²) in [6.07, 6.45) is 3.90. The van der Waals surface area contributed by atoms with Crippen molar-refractivity contribution in [2.45, 2.75) is 39.2 Å². The largest absolute Gasteiger partial charge is 0.497 e. The smallest absolute Gasteiger partial charge is 0.341 e. The van der Waals surface area contributed by atoms with E-state index in [4.69, 9.17) is 14.2 Å². The second-order valence-electron chi connectivity index (χ2n) is 6.35. The first-order valence-corrected chi connectivity index (χ1v) is 9.65. The number of aryl methyl sites for hydroxylation is 1. The number of fused-ring (bicyclic) bond motifs is 1. The zero-order valence-electron chi connectivity index (χ0n) is 15.7. The van der Waals surface area contributed by atoms with Crippen LogP contribution in [0.15, 0.2) is 18.2 Å². The number of thiophene rings is 1. The molecule has 0 saturated carbocycles. The summed E-state index contributed by atoms with van der Waals surface area (Å²) in [5, 5.41) is 3.37. The lowest BCUT2D eigenvalue weighted by Gasteiger charge is -2.14. The molecule has 144 valence electrons. The van der Waals surface area contributed by atoms with E-state index in [-0.39, 0.29) is 12.5 Å². The number of hydrogen-bond donors (Lipinski definition) is 1. The van der Waals surface area contributed by atoms with E-state index in [1.807, 2.05) is 0 Å². The standard InChI is InChI=1S/C20H23NO5S/c1-12(22)21-19-18(15-6-4-5-7-17(15)27-19)20(23)26-11-13-10-14(24-2)8-9-16(13)25-3/h8-10H,4-7,11H2,1-3H3,(H,21,22). The molecular formula is C20H23NO5S. The summed E-state index contributed by atoms with van der Waals surface area (Å²) in [6.45, 7) is 1.50. The lowest BCUT2D eigenvalue weighted by atomic mass is 9.95. The van der Waals surface area contributed by atoms with Crippen LogP contribution in [0.25, 0.3) is 0 Å². The van der Waals surface area contributed by atoms with Crippen LogP contribution in [-0.2, 0) is 29.0 Å². The molecule has 1 heterocycles. The van der Waals surface area contributed by atoms with Gasteiger partial charge in [0.05, 0.1) is 19.8 Å². The summed E-state index contributed by atoms with van der Waals surface area (Å²) in [6, 6.07) is 5.34. The molecule has 1 aliphatic rings. The van der Waals surface area contributed by atoms with Crippen molar-refractivity contribution in [2.75, 3.05) is 19.5 Å². The Morgan fingerprint density at radius 1 is 1.15 bits per heavy atom. The third-order valence-electron chi connectivity index (χ3n) is 4.51. The summed E-state index contributed by atoms with van der Waals surface area (Å²) in [4.78, 5) is 25.6. The zero-order valence-corrected chi connectivity index (χ0v) is 16.5. The molecule has 0 radical (unpaired) electrons. The average molecular weight is 389 g/mol. The molecule has 0 unspecified atom stereocenters. The first-order chi connectivity index (χ1) is 13.0. The van der Waals surface area contributed by atoms with Crippen LogP contribution in [0.2, 0.25) is 0 Å². The minimum atomic E-state index is -0.428. The Hall–Kier alpha value is -2.54. The van der Waals surface area contributed by atoms with E-state index in [9.17, 15) is 9.59 Å². The highest BCUT2D eigenvalue weighted by Gasteiger charge is 2.27. The summed E-state index contributed by atoms with van der Waals surface area (Å²) in [7, 11) is 3.15. The predicted molar refractivity (Wildman–Crippen MR) is 104 cm³/mol. The summed E-state index contributed by atoms with van der Waals surface area (Å²) >= 11 is 1.48. The molecule has 1 aliphatic carbocycles. The molecule has 1 amide bonds. The van der Waals surface area contributed by atoms with Gasteiger partial charge in [-0.15, -0.1) is 11.3 Å². The normalized spacial score (nSPS) is 12.9. The van der Waals surface area contributed by atoms with Crippen molar-refractivity contribution >= 4 is 28.2 Å². The minimum Gasteiger partial charge on any atom is -0.497 e. The van der Waals surface area contributed by atoms with Crippen LogP contribution in [0.5, 0.6) is 11.5 Å². The Kier molecular flexibility index (Phi) is 6.01. The molecule has 2 aromatic rings. The van der Waals surface area contributed by atoms with Crippen LogP contribution in [0.4, 0.5) is 5.00 Å². The Morgan fingerprint density at radius 3 is 2.63 bits per heavy atom. The zero-order chi connectivity index (χ0) is 19.4. The van der Waals surface area contributed by atoms with Gasteiger partial charge in [-0.1, -0.05) is 0 Å². The fourth-order valence-electron chi connectivity index (χ4n) is 3.24. The number of carbonyl (C=O) groups is 2. The Morgan fingerprint density at radius 2 is 1.93 bits per heavy atom. The van der Waals surface area contributed by atoms with E-state index < -0.39 is 5.97 Å². The Labute approximate surface area is 162 Å². The van der Waals surface area contributed by atoms with Crippen molar-refractivity contribution in [3.05, 3.63) is 39.8 Å². The van der Waals surface area contributed by atoms with Crippen molar-refractivity contribution in [1.29, 1.82) is 0 Å². The fraction of sp³-hybridized carbons (Fsp3) is 0.400. The number of hydrogen-bond acceptors (Lipinski definition) is 6. The van der Waals surface area contributed by atoms with E-state index in [0.29, 0.717) is 22.1 Å². The van der Waals surface area contributed by atoms with E-state index in [1.165, 1.54) is 18.3 Å². The maximum Gasteiger partial charge on any atom is 0.341 e. The maximum absolute atomic E-state index is 12.9. The van der Waals surface area contributed by atoms with Crippen molar-refractivity contribution in [2.24, 2.45) is 0 Å². The molecule has 0 aliphatic heterocycles. The minimum absolute atomic E-state index is 0.0589. The van der Waals surface area contributed by atoms with Crippen LogP contribution >= 0.6 is 11.3 Å². The Bertz CT molecular complexity index is 858. The van der Waals surface area contributed by atoms with E-state index in [2.05, 4.69) is 5.32 Å². The van der Waals surface area contributed by atoms with Crippen LogP contribution in [0.3, 0.4) is 0 Å². The molecule has 0 atom stereocenters. The molecular weight excluding hydrogens is 366 g/mol. The lowest BCUT2D eigenvalue weighted by Crippen LogP contribution is -2.13. The molecule has 1 aromatic carbocycles. The van der Waals surface area contributed by atoms with Crippen LogP contribution in [0, 0.1) is 0 Å². The number of amides is 1. The molecule has 7 heteroatoms. The second kappa shape index (κ2) is 8.43. The molecule has 0 fully saturated rings. The van der Waals surface area contributed by atoms with Crippen molar-refractivity contribution in [1.82, 2.24) is 0 Å². The predicted octanol–water partition coefficient (Wildman–Crippen LogP) is 3.96. The number of nitrogens with one attached hydrogen (secondary N) is 1. The lowest BCUT2D eigenvalue weighted by molar-refractivity contribution is -0.114. The summed E-state index contributed by atoms with van der Waals surface area (Å²) in [5.41, 5.74) is 2.22. The number of carbonyl (C=O) groups excluding carboxylic acids is 2. The molecule has 0 bridgehead atoms. The molecule has 27 heavy (non-hydrogen) atoms. The first-order valence-electron chi connectivity index (χ1n) is 8.83. The summed E-state index contributed by atoms with van der Waals surface area (Å²) in [5.74, 6) is 0.659. The van der Waals surface area contributed by atoms with Gasteiger partial charge in [-0.05, 0) is 49.4 Å². The fourth-order valence-corrected chi connectivity index (χ4v) is 4.56. The number of ether oxygens (including phenoxy) is 3. The number of anilines is 1. The van der Waals surface area contributed by atoms with Gasteiger partial charge in [-0.2, -0.15) is 0 Å². The van der Waals surface area contributed by atoms with Gasteiger partial charge in [0.2, 0.25) is 5.91 Å². The van der Waals surface area contributed by atoms with Gasteiger partial charge >= 0.3 is 5.97 Å². The molecule has 0 spiro atoms. The van der Waals surface area contributed by atoms with Gasteiger partial charge in [0.25, 0.3) is 0 Å². The summed E-state index contributed by atoms with van der Waals surface area (Å²) < 4.78 is 16.1. The van der Waals surface area contributed by atoms with Crippen LogP contribution in [-0.4, -0.2) is 26.1 Å². The van der Waals surface area contributed by atoms with Gasteiger partial charge in [0.1, 0.15) is 23.1 Å². The third-order valence-corrected chi connectivity index (χ3v) is 5.72. The average Bonchev–Trinajstić information content (AvgIpc) is 3.02. The van der Waals surface area contributed by atoms with Gasteiger partial charge in [0.15, 0.2) is 0 Å². The first kappa shape index (κ1) is 19.2. The van der Waals surface area contributed by atoms with E-state index in [0.717, 1.165) is 41.7 Å². The van der Waals surface area contributed by atoms with Gasteiger partial charge < -0.3 is 19.5 Å². The quantitative estimate of drug-likeness (QED) is 0.757. The number of esters is 1. The van der Waals surface area contributed by atoms with Crippen molar-refractivity contribution in [3.63, 3.8) is 0 Å². The molecule has 0 saturated heterocycles. The SMILES string of the molecule is COc1ccc(OC)c(COC(=O)c2c(NC(C)=O)sc3c2CCCC3)c1. The molecule has 1 aromatic heterocycles. The van der Waals surface area contributed by atoms with Crippen LogP contribution < -0.4 is 14.8 Å².